The first-order chi connectivity index (χ1) is 7.48. The summed E-state index contributed by atoms with van der Waals surface area (Å²) in [6, 6.07) is 5.84. The van der Waals surface area contributed by atoms with Crippen molar-refractivity contribution in [2.75, 3.05) is 0 Å². The lowest BCUT2D eigenvalue weighted by atomic mass is 9.89. The first-order valence-corrected chi connectivity index (χ1v) is 5.48. The summed E-state index contributed by atoms with van der Waals surface area (Å²) < 4.78 is 12.8. The van der Waals surface area contributed by atoms with Gasteiger partial charge in [-0.05, 0) is 36.0 Å². The monoisotopic (exact) mass is 222 g/mol. The van der Waals surface area contributed by atoms with Crippen molar-refractivity contribution in [1.82, 2.24) is 0 Å². The van der Waals surface area contributed by atoms with Gasteiger partial charge < -0.3 is 5.11 Å². The summed E-state index contributed by atoms with van der Waals surface area (Å²) in [6.45, 7) is 4.05. The van der Waals surface area contributed by atoms with Crippen LogP contribution in [0, 0.1) is 17.7 Å². The molecule has 0 heterocycles. The summed E-state index contributed by atoms with van der Waals surface area (Å²) >= 11 is 0. The van der Waals surface area contributed by atoms with Gasteiger partial charge in [0.15, 0.2) is 0 Å². The molecule has 0 spiro atoms. The zero-order valence-electron chi connectivity index (χ0n) is 9.40. The third-order valence-corrected chi connectivity index (χ3v) is 3.56. The number of hydrogen-bond acceptors (Lipinski definition) is 1. The van der Waals surface area contributed by atoms with E-state index in [0.29, 0.717) is 12.3 Å². The molecule has 2 unspecified atom stereocenters. The van der Waals surface area contributed by atoms with E-state index < -0.39 is 11.4 Å². The van der Waals surface area contributed by atoms with E-state index in [2.05, 4.69) is 0 Å². The van der Waals surface area contributed by atoms with Crippen LogP contribution in [0.2, 0.25) is 0 Å². The van der Waals surface area contributed by atoms with Crippen molar-refractivity contribution in [2.45, 2.75) is 25.7 Å². The minimum atomic E-state index is -0.794. The smallest absolute Gasteiger partial charge is 0.314 e. The molecule has 86 valence electrons. The van der Waals surface area contributed by atoms with Gasteiger partial charge in [-0.15, -0.1) is 0 Å². The number of benzene rings is 1. The first kappa shape index (κ1) is 11.1. The van der Waals surface area contributed by atoms with E-state index in [9.17, 15) is 14.3 Å². The predicted octanol–water partition coefficient (Wildman–Crippen LogP) is 2.82. The second kappa shape index (κ2) is 3.58. The molecule has 3 heteroatoms. The van der Waals surface area contributed by atoms with E-state index in [1.165, 1.54) is 12.1 Å². The normalized spacial score (nSPS) is 28.1. The third kappa shape index (κ3) is 1.51. The van der Waals surface area contributed by atoms with E-state index in [4.69, 9.17) is 0 Å². The van der Waals surface area contributed by atoms with Gasteiger partial charge in [-0.3, -0.25) is 4.79 Å². The Balaban J connectivity index is 2.36. The van der Waals surface area contributed by atoms with Crippen LogP contribution in [-0.4, -0.2) is 11.1 Å². The van der Waals surface area contributed by atoms with Gasteiger partial charge in [-0.1, -0.05) is 26.0 Å². The van der Waals surface area contributed by atoms with Crippen LogP contribution in [0.3, 0.4) is 0 Å². The van der Waals surface area contributed by atoms with Crippen molar-refractivity contribution >= 4 is 5.97 Å². The molecule has 0 saturated heterocycles. The number of carbonyl (C=O) groups is 1. The van der Waals surface area contributed by atoms with E-state index in [-0.39, 0.29) is 11.7 Å². The van der Waals surface area contributed by atoms with Crippen LogP contribution in [0.15, 0.2) is 24.3 Å². The molecule has 0 amide bonds. The van der Waals surface area contributed by atoms with Gasteiger partial charge >= 0.3 is 5.97 Å². The number of halogens is 1. The van der Waals surface area contributed by atoms with Gasteiger partial charge in [0.1, 0.15) is 5.82 Å². The van der Waals surface area contributed by atoms with E-state index in [1.807, 2.05) is 13.8 Å². The molecule has 0 radical (unpaired) electrons. The molecular formula is C13H15FO2. The fraction of sp³-hybridized carbons (Fsp3) is 0.462. The van der Waals surface area contributed by atoms with E-state index >= 15 is 0 Å². The van der Waals surface area contributed by atoms with Gasteiger partial charge in [0.25, 0.3) is 0 Å². The molecule has 1 aromatic rings. The Hall–Kier alpha value is -1.38. The number of aliphatic carboxylic acids is 1. The number of carboxylic acid groups (broad SMARTS) is 1. The maximum absolute atomic E-state index is 12.8. The van der Waals surface area contributed by atoms with Crippen LogP contribution in [0.25, 0.3) is 0 Å². The molecule has 16 heavy (non-hydrogen) atoms. The highest BCUT2D eigenvalue weighted by Gasteiger charge is 2.62. The molecule has 0 aromatic heterocycles. The zero-order valence-corrected chi connectivity index (χ0v) is 9.40. The second-order valence-corrected chi connectivity index (χ2v) is 4.84. The van der Waals surface area contributed by atoms with Crippen LogP contribution in [0.5, 0.6) is 0 Å². The highest BCUT2D eigenvalue weighted by atomic mass is 19.1. The van der Waals surface area contributed by atoms with Gasteiger partial charge in [0, 0.05) is 0 Å². The topological polar surface area (TPSA) is 37.3 Å². The van der Waals surface area contributed by atoms with Crippen molar-refractivity contribution in [3.05, 3.63) is 35.6 Å². The number of hydrogen-bond donors (Lipinski definition) is 1. The SMILES string of the molecule is CC(C)C1CC1(C(=O)O)c1ccc(F)cc1. The Morgan fingerprint density at radius 3 is 2.38 bits per heavy atom. The fourth-order valence-electron chi connectivity index (χ4n) is 2.54. The molecule has 2 rings (SSSR count). The fourth-order valence-corrected chi connectivity index (χ4v) is 2.54. The van der Waals surface area contributed by atoms with Gasteiger partial charge in [-0.25, -0.2) is 4.39 Å². The Kier molecular flexibility index (Phi) is 2.49. The summed E-state index contributed by atoms with van der Waals surface area (Å²) in [7, 11) is 0. The number of rotatable bonds is 3. The van der Waals surface area contributed by atoms with Crippen LogP contribution < -0.4 is 0 Å². The Bertz CT molecular complexity index is 410. The summed E-state index contributed by atoms with van der Waals surface area (Å²) in [6.07, 6.45) is 0.658. The molecule has 2 nitrogen and oxygen atoms in total. The summed E-state index contributed by atoms with van der Waals surface area (Å²) in [5.74, 6) is -0.625. The highest BCUT2D eigenvalue weighted by Crippen LogP contribution is 2.58. The lowest BCUT2D eigenvalue weighted by Crippen LogP contribution is -2.24. The average Bonchev–Trinajstić information content (AvgIpc) is 2.95. The molecule has 1 N–H and O–H groups in total. The first-order valence-electron chi connectivity index (χ1n) is 5.48. The van der Waals surface area contributed by atoms with Crippen molar-refractivity contribution in [3.8, 4) is 0 Å². The van der Waals surface area contributed by atoms with Crippen molar-refractivity contribution in [1.29, 1.82) is 0 Å². The molecule has 1 aromatic carbocycles. The minimum Gasteiger partial charge on any atom is -0.481 e. The van der Waals surface area contributed by atoms with Crippen molar-refractivity contribution in [2.24, 2.45) is 11.8 Å². The summed E-state index contributed by atoms with van der Waals surface area (Å²) in [4.78, 5) is 11.4. The van der Waals surface area contributed by atoms with Crippen LogP contribution in [0.4, 0.5) is 4.39 Å². The second-order valence-electron chi connectivity index (χ2n) is 4.84. The van der Waals surface area contributed by atoms with Crippen LogP contribution >= 0.6 is 0 Å². The lowest BCUT2D eigenvalue weighted by molar-refractivity contribution is -0.140. The van der Waals surface area contributed by atoms with Gasteiger partial charge in [0.2, 0.25) is 0 Å². The highest BCUT2D eigenvalue weighted by molar-refractivity contribution is 5.85. The molecule has 1 aliphatic carbocycles. The third-order valence-electron chi connectivity index (χ3n) is 3.56. The molecule has 1 saturated carbocycles. The summed E-state index contributed by atoms with van der Waals surface area (Å²) in [5.41, 5.74) is -0.0536. The zero-order chi connectivity index (χ0) is 11.9. The molecule has 0 aliphatic heterocycles. The maximum atomic E-state index is 12.8. The molecule has 2 atom stereocenters. The quantitative estimate of drug-likeness (QED) is 0.853. The summed E-state index contributed by atoms with van der Waals surface area (Å²) in [5, 5.41) is 9.35. The molecule has 1 aliphatic rings. The Morgan fingerprint density at radius 2 is 2.00 bits per heavy atom. The van der Waals surface area contributed by atoms with E-state index in [0.717, 1.165) is 5.56 Å². The van der Waals surface area contributed by atoms with Crippen molar-refractivity contribution in [3.63, 3.8) is 0 Å². The van der Waals surface area contributed by atoms with Crippen LogP contribution in [0.1, 0.15) is 25.8 Å². The molecular weight excluding hydrogens is 207 g/mol. The largest absolute Gasteiger partial charge is 0.481 e. The standard InChI is InChI=1S/C13H15FO2/c1-8(2)11-7-13(11,12(15)16)9-3-5-10(14)6-4-9/h3-6,8,11H,7H2,1-2H3,(H,15,16). The van der Waals surface area contributed by atoms with Gasteiger partial charge in [-0.2, -0.15) is 0 Å². The molecule has 1 fully saturated rings. The average molecular weight is 222 g/mol. The Morgan fingerprint density at radius 1 is 1.44 bits per heavy atom. The lowest BCUT2D eigenvalue weighted by Gasteiger charge is -2.14. The maximum Gasteiger partial charge on any atom is 0.314 e. The van der Waals surface area contributed by atoms with E-state index in [1.54, 1.807) is 12.1 Å². The Labute approximate surface area is 94.1 Å². The predicted molar refractivity (Wildman–Crippen MR) is 58.7 cm³/mol. The molecule has 0 bridgehead atoms. The number of carboxylic acids is 1. The van der Waals surface area contributed by atoms with Gasteiger partial charge in [0.05, 0.1) is 5.41 Å². The van der Waals surface area contributed by atoms with Crippen molar-refractivity contribution < 1.29 is 14.3 Å². The minimum absolute atomic E-state index is 0.162. The van der Waals surface area contributed by atoms with Crippen LogP contribution in [-0.2, 0) is 10.2 Å².